The van der Waals surface area contributed by atoms with Gasteiger partial charge in [-0.05, 0) is 70.2 Å². The summed E-state index contributed by atoms with van der Waals surface area (Å²) in [5.74, 6) is 1.03. The van der Waals surface area contributed by atoms with Gasteiger partial charge >= 0.3 is 6.09 Å². The topological polar surface area (TPSA) is 64.6 Å². The number of allylic oxidation sites excluding steroid dienone is 1. The van der Waals surface area contributed by atoms with Gasteiger partial charge in [0, 0.05) is 18.0 Å². The van der Waals surface area contributed by atoms with Crippen LogP contribution in [0.25, 0.3) is 0 Å². The number of ether oxygens (including phenoxy) is 2. The fourth-order valence-corrected chi connectivity index (χ4v) is 2.98. The summed E-state index contributed by atoms with van der Waals surface area (Å²) in [5.41, 5.74) is 1.37. The molecule has 0 saturated carbocycles. The zero-order chi connectivity index (χ0) is 19.2. The lowest BCUT2D eigenvalue weighted by Crippen LogP contribution is -2.33. The van der Waals surface area contributed by atoms with Crippen molar-refractivity contribution in [3.05, 3.63) is 42.0 Å². The molecule has 0 bridgehead atoms. The van der Waals surface area contributed by atoms with Crippen LogP contribution in [0, 0.1) is 5.92 Å². The van der Waals surface area contributed by atoms with Gasteiger partial charge < -0.3 is 14.8 Å². The molecule has 1 aliphatic carbocycles. The van der Waals surface area contributed by atoms with Crippen LogP contribution in [-0.4, -0.2) is 30.6 Å². The molecule has 0 aliphatic heterocycles. The molecule has 1 amide bonds. The number of benzene rings is 1. The first-order valence-electron chi connectivity index (χ1n) is 9.18. The van der Waals surface area contributed by atoms with Crippen molar-refractivity contribution in [3.63, 3.8) is 0 Å². The van der Waals surface area contributed by atoms with E-state index in [2.05, 4.69) is 11.9 Å². The number of ketones is 1. The molecule has 0 spiro atoms. The van der Waals surface area contributed by atoms with Crippen LogP contribution in [0.2, 0.25) is 0 Å². The molecule has 1 atom stereocenters. The molecule has 5 nitrogen and oxygen atoms in total. The number of aryl methyl sites for hydroxylation is 1. The second-order valence-corrected chi connectivity index (χ2v) is 7.57. The third kappa shape index (κ3) is 5.90. The van der Waals surface area contributed by atoms with Crippen LogP contribution in [0.1, 0.15) is 56.0 Å². The first kappa shape index (κ1) is 20.0. The van der Waals surface area contributed by atoms with Gasteiger partial charge in [-0.1, -0.05) is 6.08 Å². The van der Waals surface area contributed by atoms with Gasteiger partial charge in [-0.2, -0.15) is 0 Å². The smallest absolute Gasteiger partial charge is 0.407 e. The van der Waals surface area contributed by atoms with E-state index in [9.17, 15) is 9.59 Å². The van der Waals surface area contributed by atoms with E-state index in [1.807, 2.05) is 45.0 Å². The van der Waals surface area contributed by atoms with E-state index in [1.54, 1.807) is 0 Å². The molecule has 0 unspecified atom stereocenters. The van der Waals surface area contributed by atoms with Crippen molar-refractivity contribution < 1.29 is 19.1 Å². The van der Waals surface area contributed by atoms with Gasteiger partial charge in [0.2, 0.25) is 0 Å². The molecule has 26 heavy (non-hydrogen) atoms. The number of alkyl carbamates (subject to hydrolysis) is 1. The molecule has 0 heterocycles. The Hall–Kier alpha value is -2.30. The number of rotatable bonds is 7. The molecule has 5 heteroatoms. The van der Waals surface area contributed by atoms with Gasteiger partial charge in [0.05, 0.1) is 6.61 Å². The SMILES string of the molecule is C=CC[C@@H]1CCc2cc(OCCCNC(=O)OC(C)(C)C)ccc2C1=O. The molecule has 0 aromatic heterocycles. The highest BCUT2D eigenvalue weighted by atomic mass is 16.6. The summed E-state index contributed by atoms with van der Waals surface area (Å²) in [6, 6.07) is 5.66. The van der Waals surface area contributed by atoms with E-state index < -0.39 is 11.7 Å². The van der Waals surface area contributed by atoms with Crippen LogP contribution in [-0.2, 0) is 11.2 Å². The summed E-state index contributed by atoms with van der Waals surface area (Å²) < 4.78 is 10.9. The van der Waals surface area contributed by atoms with E-state index in [4.69, 9.17) is 9.47 Å². The normalized spacial score (nSPS) is 16.6. The monoisotopic (exact) mass is 359 g/mol. The summed E-state index contributed by atoms with van der Waals surface area (Å²) in [4.78, 5) is 24.0. The van der Waals surface area contributed by atoms with Crippen molar-refractivity contribution in [3.8, 4) is 5.75 Å². The lowest BCUT2D eigenvalue weighted by atomic mass is 9.81. The van der Waals surface area contributed by atoms with Gasteiger partial charge in [0.25, 0.3) is 0 Å². The number of nitrogens with one attached hydrogen (secondary N) is 1. The Kier molecular flexibility index (Phi) is 6.83. The average Bonchev–Trinajstić information content (AvgIpc) is 2.55. The van der Waals surface area contributed by atoms with Crippen LogP contribution >= 0.6 is 0 Å². The number of hydrogen-bond donors (Lipinski definition) is 1. The highest BCUT2D eigenvalue weighted by Crippen LogP contribution is 2.30. The second-order valence-electron chi connectivity index (χ2n) is 7.57. The van der Waals surface area contributed by atoms with E-state index >= 15 is 0 Å². The summed E-state index contributed by atoms with van der Waals surface area (Å²) in [6.45, 7) is 10.2. The van der Waals surface area contributed by atoms with E-state index in [0.29, 0.717) is 19.6 Å². The van der Waals surface area contributed by atoms with Crippen molar-refractivity contribution in [2.24, 2.45) is 5.92 Å². The minimum absolute atomic E-state index is 0.0608. The first-order valence-corrected chi connectivity index (χ1v) is 9.18. The zero-order valence-corrected chi connectivity index (χ0v) is 16.0. The Morgan fingerprint density at radius 2 is 2.15 bits per heavy atom. The number of carbonyl (C=O) groups is 2. The highest BCUT2D eigenvalue weighted by molar-refractivity contribution is 6.00. The molecule has 0 saturated heterocycles. The number of fused-ring (bicyclic) bond motifs is 1. The van der Waals surface area contributed by atoms with E-state index in [1.165, 1.54) is 0 Å². The van der Waals surface area contributed by atoms with Gasteiger partial charge in [-0.3, -0.25) is 4.79 Å². The Bertz CT molecular complexity index is 660. The summed E-state index contributed by atoms with van der Waals surface area (Å²) in [7, 11) is 0. The van der Waals surface area contributed by atoms with Crippen molar-refractivity contribution in [2.45, 2.75) is 52.1 Å². The number of hydrogen-bond acceptors (Lipinski definition) is 4. The maximum absolute atomic E-state index is 12.4. The van der Waals surface area contributed by atoms with Crippen molar-refractivity contribution in [1.29, 1.82) is 0 Å². The Morgan fingerprint density at radius 1 is 1.38 bits per heavy atom. The van der Waals surface area contributed by atoms with E-state index in [-0.39, 0.29) is 11.7 Å². The molecule has 1 N–H and O–H groups in total. The number of carbonyl (C=O) groups excluding carboxylic acids is 2. The largest absolute Gasteiger partial charge is 0.494 e. The van der Waals surface area contributed by atoms with Crippen LogP contribution in [0.3, 0.4) is 0 Å². The number of Topliss-reactive ketones (excluding diaryl/α,β-unsaturated/α-hetero) is 1. The molecule has 142 valence electrons. The van der Waals surface area contributed by atoms with Crippen LogP contribution < -0.4 is 10.1 Å². The van der Waals surface area contributed by atoms with Crippen LogP contribution in [0.5, 0.6) is 5.75 Å². The molecule has 2 rings (SSSR count). The Morgan fingerprint density at radius 3 is 2.85 bits per heavy atom. The fraction of sp³-hybridized carbons (Fsp3) is 0.524. The van der Waals surface area contributed by atoms with Gasteiger partial charge in [0.1, 0.15) is 11.4 Å². The standard InChI is InChI=1S/C21H29NO4/c1-5-7-15-8-9-16-14-17(10-11-18(16)19(15)23)25-13-6-12-22-20(24)26-21(2,3)4/h5,10-11,14-15H,1,6-9,12-13H2,2-4H3,(H,22,24)/t15-/m1/s1. The molecule has 0 fully saturated rings. The second kappa shape index (κ2) is 8.88. The lowest BCUT2D eigenvalue weighted by molar-refractivity contribution is 0.0525. The maximum Gasteiger partial charge on any atom is 0.407 e. The van der Waals surface area contributed by atoms with Gasteiger partial charge in [-0.15, -0.1) is 6.58 Å². The quantitative estimate of drug-likeness (QED) is 0.582. The lowest BCUT2D eigenvalue weighted by Gasteiger charge is -2.23. The molecule has 0 radical (unpaired) electrons. The van der Waals surface area contributed by atoms with Crippen molar-refractivity contribution in [1.82, 2.24) is 5.32 Å². The Labute approximate surface area is 155 Å². The maximum atomic E-state index is 12.4. The highest BCUT2D eigenvalue weighted by Gasteiger charge is 2.26. The third-order valence-corrected chi connectivity index (χ3v) is 4.18. The number of amides is 1. The zero-order valence-electron chi connectivity index (χ0n) is 16.0. The van der Waals surface area contributed by atoms with Crippen molar-refractivity contribution in [2.75, 3.05) is 13.2 Å². The molecule has 1 aromatic carbocycles. The Balaban J connectivity index is 1.77. The van der Waals surface area contributed by atoms with Crippen molar-refractivity contribution >= 4 is 11.9 Å². The van der Waals surface area contributed by atoms with Gasteiger partial charge in [0.15, 0.2) is 5.78 Å². The van der Waals surface area contributed by atoms with E-state index in [0.717, 1.165) is 36.1 Å². The predicted octanol–water partition coefficient (Wildman–Crippen LogP) is 4.30. The minimum Gasteiger partial charge on any atom is -0.494 e. The average molecular weight is 359 g/mol. The minimum atomic E-state index is -0.494. The first-order chi connectivity index (χ1) is 12.3. The summed E-state index contributed by atoms with van der Waals surface area (Å²) in [6.07, 6.45) is 4.56. The predicted molar refractivity (Wildman–Crippen MR) is 102 cm³/mol. The van der Waals surface area contributed by atoms with Crippen LogP contribution in [0.15, 0.2) is 30.9 Å². The van der Waals surface area contributed by atoms with Gasteiger partial charge in [-0.25, -0.2) is 4.79 Å². The fourth-order valence-electron chi connectivity index (χ4n) is 2.98. The van der Waals surface area contributed by atoms with Crippen LogP contribution in [0.4, 0.5) is 4.79 Å². The summed E-state index contributed by atoms with van der Waals surface area (Å²) in [5, 5.41) is 2.70. The summed E-state index contributed by atoms with van der Waals surface area (Å²) >= 11 is 0. The third-order valence-electron chi connectivity index (χ3n) is 4.18. The molecular weight excluding hydrogens is 330 g/mol. The molecule has 1 aliphatic rings. The molecular formula is C21H29NO4. The molecule has 1 aromatic rings.